The number of aliphatic hydroxyl groups excluding tert-OH is 1. The van der Waals surface area contributed by atoms with Crippen molar-refractivity contribution >= 4 is 62.6 Å². The van der Waals surface area contributed by atoms with Crippen LogP contribution in [0.4, 0.5) is 0 Å². The third-order valence-corrected chi connectivity index (χ3v) is 8.49. The van der Waals surface area contributed by atoms with Crippen molar-refractivity contribution in [2.75, 3.05) is 5.75 Å². The van der Waals surface area contributed by atoms with Gasteiger partial charge in [0.05, 0.1) is 5.71 Å². The molecule has 0 aliphatic carbocycles. The molecule has 0 radical (unpaired) electrons. The zero-order chi connectivity index (χ0) is 29.8. The molecule has 6 nitrogen and oxygen atoms in total. The maximum atomic E-state index is 13.4. The largest absolute Gasteiger partial charge is 0.382 e. The summed E-state index contributed by atoms with van der Waals surface area (Å²) in [6, 6.07) is 26.7. The Balaban J connectivity index is 1.49. The molecule has 42 heavy (non-hydrogen) atoms. The predicted octanol–water partition coefficient (Wildman–Crippen LogP) is 8.14. The van der Waals surface area contributed by atoms with Crippen molar-refractivity contribution in [1.82, 2.24) is 4.57 Å². The maximum absolute atomic E-state index is 13.4. The molecule has 1 atom stereocenters. The van der Waals surface area contributed by atoms with E-state index in [1.54, 1.807) is 11.8 Å². The van der Waals surface area contributed by atoms with Crippen LogP contribution in [-0.4, -0.2) is 32.9 Å². The Kier molecular flexibility index (Phi) is 9.12. The number of aryl methyl sites for hydroxylation is 2. The third-order valence-electron chi connectivity index (χ3n) is 7.22. The van der Waals surface area contributed by atoms with E-state index >= 15 is 0 Å². The molecule has 0 bridgehead atoms. The topological polar surface area (TPSA) is 80.9 Å². The van der Waals surface area contributed by atoms with Crippen LogP contribution in [0.15, 0.2) is 95.0 Å². The van der Waals surface area contributed by atoms with Gasteiger partial charge >= 0.3 is 5.97 Å². The number of thioether (sulfide) groups is 1. The zero-order valence-corrected chi connectivity index (χ0v) is 25.2. The number of benzene rings is 4. The van der Waals surface area contributed by atoms with E-state index in [9.17, 15) is 14.7 Å². The maximum Gasteiger partial charge on any atom is 0.331 e. The van der Waals surface area contributed by atoms with E-state index in [1.165, 1.54) is 6.92 Å². The molecule has 1 unspecified atom stereocenters. The van der Waals surface area contributed by atoms with Gasteiger partial charge in [0.2, 0.25) is 0 Å². The van der Waals surface area contributed by atoms with Crippen LogP contribution in [-0.2, 0) is 16.2 Å². The van der Waals surface area contributed by atoms with E-state index in [1.807, 2.05) is 91.9 Å². The lowest BCUT2D eigenvalue weighted by atomic mass is 9.97. The molecule has 0 aliphatic heterocycles. The summed E-state index contributed by atoms with van der Waals surface area (Å²) in [5.74, 6) is 0.0236. The number of carbonyl (C=O) groups is 2. The quantitative estimate of drug-likeness (QED) is 0.0577. The average molecular weight is 599 g/mol. The number of carbonyl (C=O) groups excluding carboxylic acids is 2. The highest BCUT2D eigenvalue weighted by Crippen LogP contribution is 2.33. The lowest BCUT2D eigenvalue weighted by Crippen LogP contribution is -2.14. The Morgan fingerprint density at radius 2 is 1.67 bits per heavy atom. The first-order valence-electron chi connectivity index (χ1n) is 13.7. The lowest BCUT2D eigenvalue weighted by Gasteiger charge is -2.14. The minimum atomic E-state index is -1.09. The molecular weight excluding hydrogens is 568 g/mol. The highest BCUT2D eigenvalue weighted by molar-refractivity contribution is 7.99. The number of oxime groups is 1. The molecule has 0 fully saturated rings. The molecule has 5 rings (SSSR count). The van der Waals surface area contributed by atoms with E-state index in [0.29, 0.717) is 39.6 Å². The number of hydrogen-bond acceptors (Lipinski definition) is 6. The number of hydrogen-bond donors (Lipinski definition) is 1. The second kappa shape index (κ2) is 12.9. The molecule has 4 aromatic carbocycles. The second-order valence-electron chi connectivity index (χ2n) is 10.0. The Morgan fingerprint density at radius 1 is 0.976 bits per heavy atom. The molecule has 1 N–H and O–H groups in total. The number of halogens is 1. The van der Waals surface area contributed by atoms with Crippen LogP contribution in [0.2, 0.25) is 5.02 Å². The van der Waals surface area contributed by atoms with Crippen LogP contribution in [0.5, 0.6) is 0 Å². The first-order valence-corrected chi connectivity index (χ1v) is 15.1. The van der Waals surface area contributed by atoms with Gasteiger partial charge in [-0.05, 0) is 79.6 Å². The van der Waals surface area contributed by atoms with Gasteiger partial charge in [0.1, 0.15) is 6.10 Å². The third kappa shape index (κ3) is 6.28. The Morgan fingerprint density at radius 3 is 2.36 bits per heavy atom. The normalized spacial score (nSPS) is 12.5. The summed E-state index contributed by atoms with van der Waals surface area (Å²) < 4.78 is 2.19. The van der Waals surface area contributed by atoms with Crippen molar-refractivity contribution < 1.29 is 19.5 Å². The van der Waals surface area contributed by atoms with Gasteiger partial charge in [-0.2, -0.15) is 0 Å². The first kappa shape index (κ1) is 29.6. The minimum absolute atomic E-state index is 0.0300. The molecule has 0 saturated carbocycles. The molecule has 214 valence electrons. The summed E-state index contributed by atoms with van der Waals surface area (Å²) >= 11 is 7.59. The Hall–Kier alpha value is -3.91. The predicted molar refractivity (Wildman–Crippen MR) is 171 cm³/mol. The summed E-state index contributed by atoms with van der Waals surface area (Å²) in [7, 11) is 0. The van der Waals surface area contributed by atoms with Crippen LogP contribution < -0.4 is 0 Å². The highest BCUT2D eigenvalue weighted by Gasteiger charge is 2.20. The number of rotatable bonds is 10. The van der Waals surface area contributed by atoms with Gasteiger partial charge in [-0.25, -0.2) is 4.79 Å². The average Bonchev–Trinajstić information content (AvgIpc) is 3.31. The number of aromatic nitrogens is 1. The van der Waals surface area contributed by atoms with Crippen LogP contribution in [0, 0.1) is 6.92 Å². The van der Waals surface area contributed by atoms with E-state index < -0.39 is 12.1 Å². The van der Waals surface area contributed by atoms with Gasteiger partial charge in [0.15, 0.2) is 5.78 Å². The fourth-order valence-corrected chi connectivity index (χ4v) is 6.11. The van der Waals surface area contributed by atoms with Gasteiger partial charge in [0, 0.05) is 68.5 Å². The van der Waals surface area contributed by atoms with Gasteiger partial charge in [-0.3, -0.25) is 4.79 Å². The minimum Gasteiger partial charge on any atom is -0.382 e. The SMILES string of the molecule is CCn1c2ccc(C(=O)c3ccccc3C)cc2c2cc(C(O)/C(CCSc3ccc(Cl)cc3)=N/OC(C)=O)ccc21. The van der Waals surface area contributed by atoms with E-state index in [4.69, 9.17) is 16.4 Å². The molecule has 0 saturated heterocycles. The van der Waals surface area contributed by atoms with E-state index in [2.05, 4.69) is 16.6 Å². The number of fused-ring (bicyclic) bond motifs is 3. The number of ketones is 1. The number of nitrogens with zero attached hydrogens (tertiary/aromatic N) is 2. The zero-order valence-electron chi connectivity index (χ0n) is 23.6. The summed E-state index contributed by atoms with van der Waals surface area (Å²) in [6.07, 6.45) is -0.692. The molecule has 1 aromatic heterocycles. The molecule has 0 aliphatic rings. The van der Waals surface area contributed by atoms with Gasteiger partial charge in [-0.15, -0.1) is 11.8 Å². The smallest absolute Gasteiger partial charge is 0.331 e. The van der Waals surface area contributed by atoms with Crippen molar-refractivity contribution in [3.8, 4) is 0 Å². The van der Waals surface area contributed by atoms with Crippen LogP contribution in [0.3, 0.4) is 0 Å². The van der Waals surface area contributed by atoms with E-state index in [0.717, 1.165) is 38.8 Å². The monoisotopic (exact) mass is 598 g/mol. The molecular formula is C34H31ClN2O4S. The summed E-state index contributed by atoms with van der Waals surface area (Å²) in [5, 5.41) is 18.0. The fourth-order valence-electron chi connectivity index (χ4n) is 5.11. The molecule has 0 spiro atoms. The van der Waals surface area contributed by atoms with Gasteiger partial charge in [0.25, 0.3) is 0 Å². The summed E-state index contributed by atoms with van der Waals surface area (Å²) in [6.45, 7) is 6.03. The lowest BCUT2D eigenvalue weighted by molar-refractivity contribution is -0.141. The van der Waals surface area contributed by atoms with Crippen molar-refractivity contribution in [2.24, 2.45) is 5.16 Å². The summed E-state index contributed by atoms with van der Waals surface area (Å²) in [4.78, 5) is 31.0. The number of aliphatic hydroxyl groups is 1. The summed E-state index contributed by atoms with van der Waals surface area (Å²) in [5.41, 5.74) is 5.19. The van der Waals surface area contributed by atoms with Gasteiger partial charge < -0.3 is 14.5 Å². The van der Waals surface area contributed by atoms with Crippen molar-refractivity contribution in [3.05, 3.63) is 112 Å². The van der Waals surface area contributed by atoms with Crippen LogP contribution in [0.25, 0.3) is 21.8 Å². The van der Waals surface area contributed by atoms with Crippen molar-refractivity contribution in [1.29, 1.82) is 0 Å². The Labute approximate surface area is 253 Å². The molecule has 5 aromatic rings. The highest BCUT2D eigenvalue weighted by atomic mass is 35.5. The second-order valence-corrected chi connectivity index (χ2v) is 11.6. The first-order chi connectivity index (χ1) is 20.3. The molecule has 1 heterocycles. The van der Waals surface area contributed by atoms with Crippen LogP contribution in [0.1, 0.15) is 53.4 Å². The van der Waals surface area contributed by atoms with Gasteiger partial charge in [-0.1, -0.05) is 47.1 Å². The molecule has 0 amide bonds. The standard InChI is InChI=1S/C34H31ClN2O4S/c1-4-37-31-15-9-23(33(39)27-8-6-5-7-21(27)2)19-28(31)29-20-24(10-16-32(29)37)34(40)30(36-41-22(3)38)17-18-42-26-13-11-25(35)12-14-26/h5-16,19-20,34,40H,4,17-18H2,1-3H3/b36-30+. The van der Waals surface area contributed by atoms with E-state index in [-0.39, 0.29) is 5.78 Å². The van der Waals surface area contributed by atoms with Crippen molar-refractivity contribution in [2.45, 2.75) is 44.7 Å². The van der Waals surface area contributed by atoms with Crippen molar-refractivity contribution in [3.63, 3.8) is 0 Å². The van der Waals surface area contributed by atoms with Crippen LogP contribution >= 0.6 is 23.4 Å². The molecule has 8 heteroatoms. The Bertz CT molecular complexity index is 1810. The fraction of sp³-hybridized carbons (Fsp3) is 0.206.